The Hall–Kier alpha value is -0.890. The van der Waals surface area contributed by atoms with Gasteiger partial charge in [-0.2, -0.15) is 0 Å². The predicted molar refractivity (Wildman–Crippen MR) is 62.1 cm³/mol. The first-order valence-electron chi connectivity index (χ1n) is 5.31. The van der Waals surface area contributed by atoms with E-state index in [1.165, 1.54) is 6.07 Å². The average molecular weight is 209 g/mol. The topological polar surface area (TPSA) is 26.0 Å². The lowest BCUT2D eigenvalue weighted by Gasteiger charge is -2.23. The summed E-state index contributed by atoms with van der Waals surface area (Å²) in [5, 5.41) is 0. The number of hydrogen-bond donors (Lipinski definition) is 1. The number of nitrogens with two attached hydrogens (primary N) is 1. The molecule has 1 aromatic rings. The summed E-state index contributed by atoms with van der Waals surface area (Å²) in [6.07, 6.45) is 0.901. The lowest BCUT2D eigenvalue weighted by atomic mass is 9.85. The van der Waals surface area contributed by atoms with E-state index in [1.54, 1.807) is 13.0 Å². The minimum atomic E-state index is -0.165. The average Bonchev–Trinajstić information content (AvgIpc) is 2.06. The van der Waals surface area contributed by atoms with Crippen molar-refractivity contribution in [2.24, 2.45) is 11.1 Å². The molecule has 1 atom stereocenters. The van der Waals surface area contributed by atoms with Crippen molar-refractivity contribution in [3.8, 4) is 0 Å². The first-order valence-corrected chi connectivity index (χ1v) is 5.31. The minimum Gasteiger partial charge on any atom is -0.324 e. The zero-order valence-electron chi connectivity index (χ0n) is 9.97. The standard InChI is InChI=1S/C13H20FN/c1-9-7-10(5-6-11(9)14)12(15)8-13(2,3)4/h5-7,12H,8,15H2,1-4H3. The van der Waals surface area contributed by atoms with E-state index in [2.05, 4.69) is 20.8 Å². The van der Waals surface area contributed by atoms with Crippen LogP contribution >= 0.6 is 0 Å². The molecule has 0 aromatic heterocycles. The third-order valence-corrected chi connectivity index (χ3v) is 2.44. The van der Waals surface area contributed by atoms with E-state index in [4.69, 9.17) is 5.73 Å². The Morgan fingerprint density at radius 3 is 2.40 bits per heavy atom. The molecule has 0 fully saturated rings. The fourth-order valence-electron chi connectivity index (χ4n) is 1.68. The molecule has 0 aliphatic rings. The van der Waals surface area contributed by atoms with Crippen LogP contribution in [0, 0.1) is 18.2 Å². The summed E-state index contributed by atoms with van der Waals surface area (Å²) in [4.78, 5) is 0. The van der Waals surface area contributed by atoms with Crippen LogP contribution in [0.1, 0.15) is 44.4 Å². The lowest BCUT2D eigenvalue weighted by molar-refractivity contribution is 0.342. The molecule has 84 valence electrons. The molecule has 2 N–H and O–H groups in total. The highest BCUT2D eigenvalue weighted by Gasteiger charge is 2.17. The highest BCUT2D eigenvalue weighted by molar-refractivity contribution is 5.26. The predicted octanol–water partition coefficient (Wildman–Crippen LogP) is 3.57. The molecule has 0 saturated carbocycles. The third kappa shape index (κ3) is 3.63. The Bertz CT molecular complexity index is 339. The van der Waals surface area contributed by atoms with Crippen LogP contribution in [-0.2, 0) is 0 Å². The molecular weight excluding hydrogens is 189 g/mol. The summed E-state index contributed by atoms with van der Waals surface area (Å²) in [7, 11) is 0. The van der Waals surface area contributed by atoms with Gasteiger partial charge in [0.15, 0.2) is 0 Å². The van der Waals surface area contributed by atoms with Crippen molar-refractivity contribution in [3.63, 3.8) is 0 Å². The van der Waals surface area contributed by atoms with Crippen molar-refractivity contribution in [2.45, 2.75) is 40.2 Å². The maximum absolute atomic E-state index is 13.1. The molecule has 0 aliphatic carbocycles. The summed E-state index contributed by atoms with van der Waals surface area (Å²) in [6, 6.07) is 5.10. The fraction of sp³-hybridized carbons (Fsp3) is 0.538. The maximum Gasteiger partial charge on any atom is 0.126 e. The van der Waals surface area contributed by atoms with E-state index in [0.29, 0.717) is 5.56 Å². The normalized spacial score (nSPS) is 14.0. The molecule has 1 nitrogen and oxygen atoms in total. The van der Waals surface area contributed by atoms with E-state index < -0.39 is 0 Å². The molecule has 0 spiro atoms. The van der Waals surface area contributed by atoms with E-state index in [0.717, 1.165) is 12.0 Å². The van der Waals surface area contributed by atoms with Gasteiger partial charge >= 0.3 is 0 Å². The number of halogens is 1. The summed E-state index contributed by atoms with van der Waals surface area (Å²) < 4.78 is 13.1. The van der Waals surface area contributed by atoms with Gasteiger partial charge in [0.2, 0.25) is 0 Å². The van der Waals surface area contributed by atoms with Crippen LogP contribution in [0.25, 0.3) is 0 Å². The smallest absolute Gasteiger partial charge is 0.126 e. The Kier molecular flexibility index (Phi) is 3.50. The zero-order valence-corrected chi connectivity index (χ0v) is 9.97. The number of hydrogen-bond acceptors (Lipinski definition) is 1. The van der Waals surface area contributed by atoms with Crippen molar-refractivity contribution >= 4 is 0 Å². The van der Waals surface area contributed by atoms with Crippen LogP contribution in [0.5, 0.6) is 0 Å². The molecule has 0 saturated heterocycles. The summed E-state index contributed by atoms with van der Waals surface area (Å²) >= 11 is 0. The second-order valence-corrected chi connectivity index (χ2v) is 5.38. The van der Waals surface area contributed by atoms with Crippen LogP contribution < -0.4 is 5.73 Å². The number of benzene rings is 1. The summed E-state index contributed by atoms with van der Waals surface area (Å²) in [6.45, 7) is 8.23. The highest BCUT2D eigenvalue weighted by Crippen LogP contribution is 2.28. The number of rotatable bonds is 2. The van der Waals surface area contributed by atoms with Gasteiger partial charge in [0.1, 0.15) is 5.82 Å². The van der Waals surface area contributed by atoms with Crippen LogP contribution in [0.3, 0.4) is 0 Å². The molecule has 1 aromatic carbocycles. The van der Waals surface area contributed by atoms with Gasteiger partial charge in [0, 0.05) is 6.04 Å². The Morgan fingerprint density at radius 1 is 1.33 bits per heavy atom. The quantitative estimate of drug-likeness (QED) is 0.791. The van der Waals surface area contributed by atoms with Crippen molar-refractivity contribution in [1.82, 2.24) is 0 Å². The zero-order chi connectivity index (χ0) is 11.6. The fourth-order valence-corrected chi connectivity index (χ4v) is 1.68. The van der Waals surface area contributed by atoms with E-state index in [1.807, 2.05) is 6.07 Å². The molecule has 2 heteroatoms. The van der Waals surface area contributed by atoms with Gasteiger partial charge in [0.05, 0.1) is 0 Å². The molecule has 1 unspecified atom stereocenters. The van der Waals surface area contributed by atoms with E-state index in [9.17, 15) is 4.39 Å². The second kappa shape index (κ2) is 4.31. The van der Waals surface area contributed by atoms with Gasteiger partial charge in [-0.05, 0) is 36.0 Å². The summed E-state index contributed by atoms with van der Waals surface area (Å²) in [5.74, 6) is -0.165. The molecule has 0 radical (unpaired) electrons. The molecule has 15 heavy (non-hydrogen) atoms. The number of aryl methyl sites for hydroxylation is 1. The second-order valence-electron chi connectivity index (χ2n) is 5.38. The van der Waals surface area contributed by atoms with Gasteiger partial charge in [-0.1, -0.05) is 32.9 Å². The van der Waals surface area contributed by atoms with Crippen molar-refractivity contribution in [1.29, 1.82) is 0 Å². The van der Waals surface area contributed by atoms with Gasteiger partial charge < -0.3 is 5.73 Å². The molecule has 1 rings (SSSR count). The lowest BCUT2D eigenvalue weighted by Crippen LogP contribution is -2.18. The highest BCUT2D eigenvalue weighted by atomic mass is 19.1. The van der Waals surface area contributed by atoms with Gasteiger partial charge in [-0.3, -0.25) is 0 Å². The van der Waals surface area contributed by atoms with Gasteiger partial charge in [-0.15, -0.1) is 0 Å². The van der Waals surface area contributed by atoms with Crippen molar-refractivity contribution in [2.75, 3.05) is 0 Å². The Morgan fingerprint density at radius 2 is 1.93 bits per heavy atom. The Labute approximate surface area is 91.5 Å². The van der Waals surface area contributed by atoms with Crippen LogP contribution in [-0.4, -0.2) is 0 Å². The van der Waals surface area contributed by atoms with Gasteiger partial charge in [-0.25, -0.2) is 4.39 Å². The SMILES string of the molecule is Cc1cc(C(N)CC(C)(C)C)ccc1F. The van der Waals surface area contributed by atoms with Crippen molar-refractivity contribution < 1.29 is 4.39 Å². The van der Waals surface area contributed by atoms with E-state index in [-0.39, 0.29) is 17.3 Å². The first-order chi connectivity index (χ1) is 6.79. The molecule has 0 bridgehead atoms. The van der Waals surface area contributed by atoms with Crippen molar-refractivity contribution in [3.05, 3.63) is 35.1 Å². The monoisotopic (exact) mass is 209 g/mol. The molecule has 0 aliphatic heterocycles. The molecular formula is C13H20FN. The van der Waals surface area contributed by atoms with Crippen LogP contribution in [0.2, 0.25) is 0 Å². The van der Waals surface area contributed by atoms with Crippen LogP contribution in [0.15, 0.2) is 18.2 Å². The molecule has 0 heterocycles. The third-order valence-electron chi connectivity index (χ3n) is 2.44. The Balaban J connectivity index is 2.83. The van der Waals surface area contributed by atoms with Gasteiger partial charge in [0.25, 0.3) is 0 Å². The maximum atomic E-state index is 13.1. The van der Waals surface area contributed by atoms with E-state index >= 15 is 0 Å². The molecule has 0 amide bonds. The minimum absolute atomic E-state index is 0.00991. The largest absolute Gasteiger partial charge is 0.324 e. The first kappa shape index (κ1) is 12.2. The summed E-state index contributed by atoms with van der Waals surface area (Å²) in [5.41, 5.74) is 7.95. The van der Waals surface area contributed by atoms with Crippen LogP contribution in [0.4, 0.5) is 4.39 Å².